The molecule has 366 valence electrons. The number of benzene rings is 2. The SMILES string of the molecule is Cc1ncsc1-c1ccc(CNC(=O)[C@@H]2C[C@@H](O)CN2C(=O)[C@H](NC(C)C)C(C)(C)C)cc1.Cc1ncsc1-c1ccc([C@H](C)NC(=O)[C@@H]2C[C@@H](O)CN2C(=O)[C@@H](NC(C)C)C(C)(C)C)cc1. The van der Waals surface area contributed by atoms with Crippen LogP contribution in [0.5, 0.6) is 0 Å². The van der Waals surface area contributed by atoms with Gasteiger partial charge < -0.3 is 41.3 Å². The number of aromatic nitrogens is 2. The zero-order valence-electron chi connectivity index (χ0n) is 41.6. The summed E-state index contributed by atoms with van der Waals surface area (Å²) in [6.45, 7) is 26.6. The van der Waals surface area contributed by atoms with Gasteiger partial charge in [-0.05, 0) is 53.9 Å². The van der Waals surface area contributed by atoms with Gasteiger partial charge in [0.25, 0.3) is 0 Å². The van der Waals surface area contributed by atoms with Crippen molar-refractivity contribution in [2.24, 2.45) is 10.8 Å². The van der Waals surface area contributed by atoms with Gasteiger partial charge in [-0.3, -0.25) is 19.2 Å². The smallest absolute Gasteiger partial charge is 0.243 e. The number of thiazole rings is 2. The first kappa shape index (κ1) is 53.4. The maximum atomic E-state index is 13.5. The molecule has 16 heteroatoms. The second kappa shape index (κ2) is 22.7. The number of rotatable bonds is 14. The van der Waals surface area contributed by atoms with E-state index in [0.29, 0.717) is 6.54 Å². The van der Waals surface area contributed by atoms with Crippen LogP contribution in [0.4, 0.5) is 0 Å². The molecule has 4 heterocycles. The van der Waals surface area contributed by atoms with E-state index in [1.165, 1.54) is 0 Å². The van der Waals surface area contributed by atoms with Crippen molar-refractivity contribution in [3.8, 4) is 20.9 Å². The van der Waals surface area contributed by atoms with Crippen LogP contribution in [-0.2, 0) is 25.7 Å². The molecule has 2 saturated heterocycles. The molecule has 0 aliphatic carbocycles. The molecule has 67 heavy (non-hydrogen) atoms. The predicted octanol–water partition coefficient (Wildman–Crippen LogP) is 6.78. The number of carbonyl (C=O) groups excluding carboxylic acids is 4. The zero-order valence-corrected chi connectivity index (χ0v) is 43.3. The molecule has 6 N–H and O–H groups in total. The second-order valence-corrected chi connectivity index (χ2v) is 22.5. The van der Waals surface area contributed by atoms with E-state index in [0.717, 1.165) is 43.4 Å². The van der Waals surface area contributed by atoms with E-state index in [1.807, 2.05) is 150 Å². The summed E-state index contributed by atoms with van der Waals surface area (Å²) >= 11 is 3.21. The first-order valence-corrected chi connectivity index (χ1v) is 25.2. The van der Waals surface area contributed by atoms with E-state index >= 15 is 0 Å². The maximum Gasteiger partial charge on any atom is 0.243 e. The van der Waals surface area contributed by atoms with Gasteiger partial charge >= 0.3 is 0 Å². The van der Waals surface area contributed by atoms with Gasteiger partial charge in [-0.1, -0.05) is 118 Å². The standard InChI is InChI=1S/C26H38N4O3S.C25H36N4O3S/c1-15(2)28-23(26(5,6)7)25(33)30-13-20(31)12-21(30)24(32)29-16(3)18-8-10-19(11-9-18)22-17(4)27-14-34-22;1-15(2)28-22(25(4,5)6)24(32)29-13-19(30)11-20(29)23(31)26-12-17-7-9-18(10-8-17)21-16(3)27-14-33-21/h8-11,14-16,20-21,23,28,31H,12-13H2,1-7H3,(H,29,32);7-10,14-15,19-20,22,28,30H,11-13H2,1-6H3,(H,26,31)/t16-,20+,21-,23+;19-,20+,22+/m01/s1. The molecule has 0 saturated carbocycles. The van der Waals surface area contributed by atoms with E-state index < -0.39 is 36.4 Å². The Morgan fingerprint density at radius 1 is 0.657 bits per heavy atom. The summed E-state index contributed by atoms with van der Waals surface area (Å²) < 4.78 is 0. The Bertz CT molecular complexity index is 2280. The van der Waals surface area contributed by atoms with E-state index in [9.17, 15) is 29.4 Å². The van der Waals surface area contributed by atoms with E-state index in [-0.39, 0.29) is 78.5 Å². The molecule has 2 fully saturated rings. The van der Waals surface area contributed by atoms with Crippen molar-refractivity contribution in [1.82, 2.24) is 41.0 Å². The number of amides is 4. The van der Waals surface area contributed by atoms with Crippen LogP contribution in [0.2, 0.25) is 0 Å². The Kier molecular flexibility index (Phi) is 18.1. The van der Waals surface area contributed by atoms with Gasteiger partial charge in [0.05, 0.1) is 62.5 Å². The van der Waals surface area contributed by atoms with Crippen molar-refractivity contribution < 1.29 is 29.4 Å². The molecule has 0 unspecified atom stereocenters. The minimum absolute atomic E-state index is 0.115. The minimum atomic E-state index is -0.711. The Morgan fingerprint density at radius 2 is 1.06 bits per heavy atom. The molecule has 0 radical (unpaired) electrons. The number of aliphatic hydroxyl groups excluding tert-OH is 2. The van der Waals surface area contributed by atoms with Gasteiger partial charge in [-0.15, -0.1) is 22.7 Å². The molecule has 2 aromatic heterocycles. The highest BCUT2D eigenvalue weighted by Gasteiger charge is 2.45. The van der Waals surface area contributed by atoms with Gasteiger partial charge in [0.2, 0.25) is 23.6 Å². The van der Waals surface area contributed by atoms with Crippen molar-refractivity contribution in [3.63, 3.8) is 0 Å². The van der Waals surface area contributed by atoms with Crippen LogP contribution in [0.3, 0.4) is 0 Å². The molecular weight excluding hydrogens is 885 g/mol. The van der Waals surface area contributed by atoms with Crippen molar-refractivity contribution in [1.29, 1.82) is 0 Å². The van der Waals surface area contributed by atoms with Crippen molar-refractivity contribution in [2.45, 2.75) is 164 Å². The van der Waals surface area contributed by atoms with Gasteiger partial charge in [0.1, 0.15) is 12.1 Å². The minimum Gasteiger partial charge on any atom is -0.391 e. The molecule has 14 nitrogen and oxygen atoms in total. The van der Waals surface area contributed by atoms with Crippen LogP contribution in [0.15, 0.2) is 59.6 Å². The van der Waals surface area contributed by atoms with Crippen LogP contribution >= 0.6 is 22.7 Å². The fraction of sp³-hybridized carbons (Fsp3) is 0.569. The second-order valence-electron chi connectivity index (χ2n) is 20.8. The van der Waals surface area contributed by atoms with Gasteiger partial charge in [0, 0.05) is 44.6 Å². The Morgan fingerprint density at radius 3 is 1.43 bits per heavy atom. The van der Waals surface area contributed by atoms with E-state index in [4.69, 9.17) is 0 Å². The maximum absolute atomic E-state index is 13.5. The van der Waals surface area contributed by atoms with Crippen LogP contribution in [0, 0.1) is 24.7 Å². The molecule has 6 rings (SSSR count). The molecular formula is C51H74N8O6S2. The number of hydrogen-bond donors (Lipinski definition) is 6. The topological polar surface area (TPSA) is 189 Å². The number of aryl methyl sites for hydroxylation is 2. The van der Waals surface area contributed by atoms with Crippen LogP contribution in [0.1, 0.15) is 118 Å². The number of β-amino-alcohol motifs (C(OH)–C–C–N with tert-alkyl or cyclic N) is 2. The predicted molar refractivity (Wildman–Crippen MR) is 268 cm³/mol. The fourth-order valence-corrected chi connectivity index (χ4v) is 10.2. The Balaban J connectivity index is 0.000000251. The number of nitrogens with zero attached hydrogens (tertiary/aromatic N) is 4. The first-order chi connectivity index (χ1) is 31.3. The lowest BCUT2D eigenvalue weighted by atomic mass is 9.85. The van der Waals surface area contributed by atoms with Gasteiger partial charge in [0.15, 0.2) is 0 Å². The molecule has 4 aromatic rings. The third kappa shape index (κ3) is 14.0. The number of aliphatic hydroxyl groups is 2. The zero-order chi connectivity index (χ0) is 49.5. The summed E-state index contributed by atoms with van der Waals surface area (Å²) in [5, 5.41) is 33.3. The lowest BCUT2D eigenvalue weighted by molar-refractivity contribution is -0.142. The van der Waals surface area contributed by atoms with Crippen LogP contribution in [-0.4, -0.2) is 115 Å². The summed E-state index contributed by atoms with van der Waals surface area (Å²) in [4.78, 5) is 67.1. The van der Waals surface area contributed by atoms with Crippen molar-refractivity contribution in [3.05, 3.63) is 82.1 Å². The van der Waals surface area contributed by atoms with Gasteiger partial charge in [-0.2, -0.15) is 0 Å². The third-order valence-corrected chi connectivity index (χ3v) is 14.1. The van der Waals surface area contributed by atoms with E-state index in [2.05, 4.69) is 31.2 Å². The monoisotopic (exact) mass is 959 g/mol. The average Bonchev–Trinajstić information content (AvgIpc) is 4.07. The largest absolute Gasteiger partial charge is 0.391 e. The van der Waals surface area contributed by atoms with Crippen molar-refractivity contribution >= 4 is 46.3 Å². The normalized spacial score (nSPS) is 20.1. The Hall–Kier alpha value is -4.58. The van der Waals surface area contributed by atoms with Crippen LogP contribution in [0.25, 0.3) is 20.9 Å². The number of likely N-dealkylation sites (tertiary alicyclic amines) is 2. The quantitative estimate of drug-likeness (QED) is 0.0787. The summed E-state index contributed by atoms with van der Waals surface area (Å²) in [5.41, 5.74) is 9.18. The summed E-state index contributed by atoms with van der Waals surface area (Å²) in [6.07, 6.45) is -0.922. The highest BCUT2D eigenvalue weighted by Crippen LogP contribution is 2.31. The van der Waals surface area contributed by atoms with Crippen molar-refractivity contribution in [2.75, 3.05) is 13.1 Å². The summed E-state index contributed by atoms with van der Waals surface area (Å²) in [7, 11) is 0. The lowest BCUT2D eigenvalue weighted by Crippen LogP contribution is -2.57. The highest BCUT2D eigenvalue weighted by molar-refractivity contribution is 7.13. The molecule has 2 aliphatic heterocycles. The number of hydrogen-bond acceptors (Lipinski definition) is 12. The average molecular weight is 959 g/mol. The number of carbonyl (C=O) groups is 4. The summed E-state index contributed by atoms with van der Waals surface area (Å²) in [5.74, 6) is -0.761. The summed E-state index contributed by atoms with van der Waals surface area (Å²) in [6, 6.07) is 13.9. The first-order valence-electron chi connectivity index (χ1n) is 23.4. The van der Waals surface area contributed by atoms with Crippen LogP contribution < -0.4 is 21.3 Å². The highest BCUT2D eigenvalue weighted by atomic mass is 32.1. The molecule has 7 atom stereocenters. The van der Waals surface area contributed by atoms with Gasteiger partial charge in [-0.25, -0.2) is 9.97 Å². The fourth-order valence-electron chi connectivity index (χ4n) is 8.55. The van der Waals surface area contributed by atoms with E-state index in [1.54, 1.807) is 32.5 Å². The molecule has 2 aromatic carbocycles. The molecule has 4 amide bonds. The number of nitrogens with one attached hydrogen (secondary N) is 4. The lowest BCUT2D eigenvalue weighted by Gasteiger charge is -2.36. The molecule has 0 spiro atoms. The molecule has 2 aliphatic rings. The molecule has 0 bridgehead atoms. The Labute approximate surface area is 405 Å². The third-order valence-electron chi connectivity index (χ3n) is 12.2.